The highest BCUT2D eigenvalue weighted by Gasteiger charge is 2.36. The van der Waals surface area contributed by atoms with Crippen LogP contribution in [-0.4, -0.2) is 67.7 Å². The summed E-state index contributed by atoms with van der Waals surface area (Å²) in [5.41, 5.74) is 7.44. The summed E-state index contributed by atoms with van der Waals surface area (Å²) >= 11 is 0. The summed E-state index contributed by atoms with van der Waals surface area (Å²) in [5.74, 6) is -3.71. The Morgan fingerprint density at radius 2 is 1.85 bits per heavy atom. The maximum Gasteiger partial charge on any atom is 0.339 e. The van der Waals surface area contributed by atoms with Crippen LogP contribution in [0, 0.1) is 26.2 Å². The lowest BCUT2D eigenvalue weighted by molar-refractivity contribution is -0.163. The molecule has 6 N–H and O–H groups in total. The molecule has 1 aromatic carbocycles. The predicted molar refractivity (Wildman–Crippen MR) is 138 cm³/mol. The monoisotopic (exact) mass is 567 g/mol. The lowest BCUT2D eigenvalue weighted by Gasteiger charge is -2.19. The average Bonchev–Trinajstić information content (AvgIpc) is 3.14. The van der Waals surface area contributed by atoms with Crippen molar-refractivity contribution in [2.24, 2.45) is 10.7 Å². The zero-order chi connectivity index (χ0) is 29.7. The Labute approximate surface area is 225 Å². The number of nitrogens with two attached hydrogens (primary N) is 1. The minimum absolute atomic E-state index is 0.00477. The maximum atomic E-state index is 13.2. The van der Waals surface area contributed by atoms with Gasteiger partial charge in [0.2, 0.25) is 12.0 Å². The van der Waals surface area contributed by atoms with E-state index >= 15 is 0 Å². The molecule has 0 fully saturated rings. The number of nitrogens with zero attached hydrogens (tertiary/aromatic N) is 1. The van der Waals surface area contributed by atoms with Gasteiger partial charge in [-0.3, -0.25) is 10.2 Å². The van der Waals surface area contributed by atoms with Crippen LogP contribution in [-0.2, 0) is 40.4 Å². The van der Waals surface area contributed by atoms with Gasteiger partial charge < -0.3 is 25.6 Å². The Balaban J connectivity index is 1.99. The molecule has 2 atom stereocenters. The van der Waals surface area contributed by atoms with Crippen molar-refractivity contribution in [2.75, 3.05) is 6.54 Å². The SMILES string of the molecule is Cc1c(C)c(S(=O)(=O)NC(=N)NCCC[C@H](N=C=O)C(=O)OC(=O)[C@@H](N)CC(=O)O)c(C)c2c1OC(C)(C)C2. The van der Waals surface area contributed by atoms with Gasteiger partial charge in [-0.05, 0) is 64.2 Å². The van der Waals surface area contributed by atoms with Crippen molar-refractivity contribution >= 4 is 40.0 Å². The van der Waals surface area contributed by atoms with E-state index in [0.717, 1.165) is 5.56 Å². The molecule has 0 aromatic heterocycles. The summed E-state index contributed by atoms with van der Waals surface area (Å²) in [5, 5.41) is 19.3. The van der Waals surface area contributed by atoms with E-state index in [-0.39, 0.29) is 24.3 Å². The molecule has 0 saturated heterocycles. The lowest BCUT2D eigenvalue weighted by Crippen LogP contribution is -2.41. The first-order chi connectivity index (χ1) is 18.0. The van der Waals surface area contributed by atoms with Gasteiger partial charge in [0, 0.05) is 18.5 Å². The van der Waals surface area contributed by atoms with Crippen LogP contribution in [0.5, 0.6) is 5.75 Å². The van der Waals surface area contributed by atoms with Crippen molar-refractivity contribution in [2.45, 2.75) is 82.9 Å². The molecule has 0 saturated carbocycles. The van der Waals surface area contributed by atoms with Gasteiger partial charge in [-0.25, -0.2) is 27.5 Å². The molecule has 0 radical (unpaired) electrons. The fourth-order valence-corrected chi connectivity index (χ4v) is 5.72. The number of aliphatic carboxylic acids is 1. The molecule has 0 aliphatic carbocycles. The van der Waals surface area contributed by atoms with Crippen molar-refractivity contribution in [3.8, 4) is 5.75 Å². The smallest absolute Gasteiger partial charge is 0.339 e. The third-order valence-corrected chi connectivity index (χ3v) is 7.75. The molecule has 0 spiro atoms. The van der Waals surface area contributed by atoms with Gasteiger partial charge in [-0.15, -0.1) is 0 Å². The number of carboxylic acid groups (broad SMARTS) is 1. The number of benzene rings is 1. The lowest BCUT2D eigenvalue weighted by atomic mass is 9.94. The Bertz CT molecular complexity index is 1330. The van der Waals surface area contributed by atoms with Crippen LogP contribution in [0.1, 0.15) is 55.4 Å². The molecular weight excluding hydrogens is 534 g/mol. The van der Waals surface area contributed by atoms with Gasteiger partial charge in [0.1, 0.15) is 17.4 Å². The number of ether oxygens (including phenoxy) is 2. The molecule has 0 amide bonds. The fourth-order valence-electron chi connectivity index (χ4n) is 4.19. The Morgan fingerprint density at radius 3 is 2.44 bits per heavy atom. The van der Waals surface area contributed by atoms with Gasteiger partial charge in [0.05, 0.1) is 11.3 Å². The second-order valence-electron chi connectivity index (χ2n) is 9.78. The second kappa shape index (κ2) is 12.4. The highest BCUT2D eigenvalue weighted by Crippen LogP contribution is 2.43. The third kappa shape index (κ3) is 7.85. The molecule has 0 unspecified atom stereocenters. The summed E-state index contributed by atoms with van der Waals surface area (Å²) in [4.78, 5) is 48.6. The molecular formula is C24H33N5O9S. The van der Waals surface area contributed by atoms with Gasteiger partial charge in [0.15, 0.2) is 6.04 Å². The average molecular weight is 568 g/mol. The fraction of sp³-hybridized carbons (Fsp3) is 0.542. The number of aliphatic imine (C=N–C) groups is 1. The van der Waals surface area contributed by atoms with Crippen molar-refractivity contribution in [3.63, 3.8) is 0 Å². The number of nitrogens with one attached hydrogen (secondary N) is 3. The van der Waals surface area contributed by atoms with Crippen LogP contribution in [0.15, 0.2) is 9.89 Å². The van der Waals surface area contributed by atoms with E-state index in [1.165, 1.54) is 6.08 Å². The van der Waals surface area contributed by atoms with Crippen molar-refractivity contribution in [1.29, 1.82) is 5.41 Å². The van der Waals surface area contributed by atoms with Gasteiger partial charge in [0.25, 0.3) is 10.0 Å². The van der Waals surface area contributed by atoms with Crippen LogP contribution in [0.2, 0.25) is 0 Å². The summed E-state index contributed by atoms with van der Waals surface area (Å²) in [6, 6.07) is -3.01. The Hall–Kier alpha value is -3.81. The van der Waals surface area contributed by atoms with Crippen LogP contribution >= 0.6 is 0 Å². The van der Waals surface area contributed by atoms with E-state index in [0.29, 0.717) is 28.9 Å². The van der Waals surface area contributed by atoms with Crippen molar-refractivity contribution in [1.82, 2.24) is 10.0 Å². The number of hydrogen-bond donors (Lipinski definition) is 5. The standard InChI is InChI=1S/C24H33N5O9S/c1-12-13(2)20(14(3)15-10-24(4,5)38-19(12)15)39(35,36)29-23(26)27-8-6-7-17(28-11-30)22(34)37-21(33)16(25)9-18(31)32/h16-17H,6-10,25H2,1-5H3,(H,31,32)(H3,26,27,29)/t16-,17-/m0/s1. The molecule has 1 aliphatic heterocycles. The highest BCUT2D eigenvalue weighted by molar-refractivity contribution is 7.90. The number of isocyanates is 1. The number of esters is 2. The van der Waals surface area contributed by atoms with E-state index in [4.69, 9.17) is 21.0 Å². The first-order valence-corrected chi connectivity index (χ1v) is 13.5. The normalized spacial score (nSPS) is 15.1. The van der Waals surface area contributed by atoms with E-state index in [2.05, 4.69) is 19.8 Å². The Morgan fingerprint density at radius 1 is 1.21 bits per heavy atom. The third-order valence-electron chi connectivity index (χ3n) is 6.13. The summed E-state index contributed by atoms with van der Waals surface area (Å²) in [7, 11) is -4.14. The predicted octanol–water partition coefficient (Wildman–Crippen LogP) is 0.484. The molecule has 1 heterocycles. The molecule has 1 aromatic rings. The molecule has 39 heavy (non-hydrogen) atoms. The number of carbonyl (C=O) groups is 3. The Kier molecular flexibility index (Phi) is 9.96. The molecule has 2 rings (SSSR count). The number of hydrogen-bond acceptors (Lipinski definition) is 11. The van der Waals surface area contributed by atoms with Crippen LogP contribution in [0.3, 0.4) is 0 Å². The topological polar surface area (TPSA) is 227 Å². The van der Waals surface area contributed by atoms with E-state index in [1.54, 1.807) is 20.8 Å². The highest BCUT2D eigenvalue weighted by atomic mass is 32.2. The zero-order valence-corrected chi connectivity index (χ0v) is 23.2. The molecule has 14 nitrogen and oxygen atoms in total. The van der Waals surface area contributed by atoms with Crippen molar-refractivity contribution < 1.29 is 42.2 Å². The van der Waals surface area contributed by atoms with Gasteiger partial charge >= 0.3 is 17.9 Å². The minimum Gasteiger partial charge on any atom is -0.487 e. The number of rotatable bonds is 11. The number of fused-ring (bicyclic) bond motifs is 1. The number of sulfonamides is 1. The van der Waals surface area contributed by atoms with E-state index in [1.807, 2.05) is 13.8 Å². The van der Waals surface area contributed by atoms with E-state index < -0.39 is 58.0 Å². The molecule has 0 bridgehead atoms. The minimum atomic E-state index is -4.14. The molecule has 214 valence electrons. The van der Waals surface area contributed by atoms with Crippen molar-refractivity contribution in [3.05, 3.63) is 22.3 Å². The second-order valence-corrected chi connectivity index (χ2v) is 11.4. The number of carbonyl (C=O) groups excluding carboxylic acids is 3. The van der Waals surface area contributed by atoms with Crippen LogP contribution < -0.4 is 20.5 Å². The van der Waals surface area contributed by atoms with Gasteiger partial charge in [-0.2, -0.15) is 4.99 Å². The summed E-state index contributed by atoms with van der Waals surface area (Å²) < 4.78 is 39.1. The molecule has 1 aliphatic rings. The zero-order valence-electron chi connectivity index (χ0n) is 22.3. The first-order valence-electron chi connectivity index (χ1n) is 12.0. The molecule has 15 heteroatoms. The summed E-state index contributed by atoms with van der Waals surface area (Å²) in [6.45, 7) is 9.00. The number of guanidine groups is 1. The maximum absolute atomic E-state index is 13.2. The largest absolute Gasteiger partial charge is 0.487 e. The van der Waals surface area contributed by atoms with Gasteiger partial charge in [-0.1, -0.05) is 0 Å². The summed E-state index contributed by atoms with van der Waals surface area (Å²) in [6.07, 6.45) is 0.955. The number of carboxylic acids is 1. The van der Waals surface area contributed by atoms with Crippen LogP contribution in [0.25, 0.3) is 0 Å². The quantitative estimate of drug-likeness (QED) is 0.0617. The van der Waals surface area contributed by atoms with E-state index in [9.17, 15) is 27.6 Å². The van der Waals surface area contributed by atoms with Crippen LogP contribution in [0.4, 0.5) is 0 Å². The first kappa shape index (κ1) is 31.4.